The first-order chi connectivity index (χ1) is 21.4. The van der Waals surface area contributed by atoms with E-state index in [2.05, 4.69) is 36.8 Å². The second-order valence-electron chi connectivity index (χ2n) is 9.56. The van der Waals surface area contributed by atoms with Crippen molar-refractivity contribution in [1.29, 1.82) is 0 Å². The van der Waals surface area contributed by atoms with Crippen molar-refractivity contribution in [3.63, 3.8) is 0 Å². The number of ether oxygens (including phenoxy) is 9. The van der Waals surface area contributed by atoms with Gasteiger partial charge in [-0.25, -0.2) is 0 Å². The molecule has 0 bridgehead atoms. The average Bonchev–Trinajstić information content (AvgIpc) is 3.35. The minimum Gasteiger partial charge on any atom is -0.489 e. The number of carbonyl (C=O) groups is 4. The van der Waals surface area contributed by atoms with E-state index in [4.69, 9.17) is 47.7 Å². The number of aromatic amines is 1. The standard InChI is InChI=1S/C28H35Br2NO14/c1-14(33)40-13-21-25(41-15(2)34)26(42-16(3)35)27(43-17(4)36)28(45-21)44-20-12-31-19-11-18(29)24(23(30)22(19)20)39-10-9-38-8-7-37-6-5-32/h11-12,21,25-28,31-32H,5-10,13H2,1-4H3/t21-,25-,26+,27-,28-/m1/s1. The van der Waals surface area contributed by atoms with E-state index in [1.54, 1.807) is 6.07 Å². The largest absolute Gasteiger partial charge is 0.489 e. The van der Waals surface area contributed by atoms with Gasteiger partial charge in [-0.05, 0) is 37.9 Å². The zero-order valence-electron chi connectivity index (χ0n) is 25.0. The van der Waals surface area contributed by atoms with Crippen LogP contribution in [0.5, 0.6) is 11.5 Å². The summed E-state index contributed by atoms with van der Waals surface area (Å²) >= 11 is 7.08. The zero-order chi connectivity index (χ0) is 33.1. The van der Waals surface area contributed by atoms with Gasteiger partial charge in [0.2, 0.25) is 12.4 Å². The van der Waals surface area contributed by atoms with Crippen molar-refractivity contribution in [2.75, 3.05) is 46.2 Å². The molecule has 1 aromatic heterocycles. The topological polar surface area (TPSA) is 187 Å². The van der Waals surface area contributed by atoms with Crippen LogP contribution >= 0.6 is 31.9 Å². The van der Waals surface area contributed by atoms with Gasteiger partial charge in [-0.1, -0.05) is 0 Å². The predicted molar refractivity (Wildman–Crippen MR) is 161 cm³/mol. The van der Waals surface area contributed by atoms with Gasteiger partial charge in [0.25, 0.3) is 0 Å². The molecule has 15 nitrogen and oxygen atoms in total. The van der Waals surface area contributed by atoms with Gasteiger partial charge < -0.3 is 52.7 Å². The summed E-state index contributed by atoms with van der Waals surface area (Å²) in [6.45, 7) is 5.50. The Kier molecular flexibility index (Phi) is 14.3. The SMILES string of the molecule is CC(=O)OC[C@H]1O[C@@H](Oc2c[nH]c3cc(Br)c(OCCOCCOCCO)c(Br)c23)[C@H](OC(C)=O)[C@@H](OC(C)=O)[C@@H]1OC(C)=O. The molecule has 0 spiro atoms. The molecule has 2 N–H and O–H groups in total. The van der Waals surface area contributed by atoms with Crippen molar-refractivity contribution >= 4 is 66.6 Å². The van der Waals surface area contributed by atoms with Gasteiger partial charge in [0.15, 0.2) is 12.2 Å². The van der Waals surface area contributed by atoms with Crippen LogP contribution in [0.2, 0.25) is 0 Å². The summed E-state index contributed by atoms with van der Waals surface area (Å²) < 4.78 is 51.5. The average molecular weight is 769 g/mol. The third kappa shape index (κ3) is 10.5. The predicted octanol–water partition coefficient (Wildman–Crippen LogP) is 2.56. The third-order valence-corrected chi connectivity index (χ3v) is 7.40. The van der Waals surface area contributed by atoms with E-state index in [9.17, 15) is 19.2 Å². The molecular weight excluding hydrogens is 734 g/mol. The summed E-state index contributed by atoms with van der Waals surface area (Å²) in [6, 6.07) is 1.76. The lowest BCUT2D eigenvalue weighted by atomic mass is 9.98. The quantitative estimate of drug-likeness (QED) is 0.144. The summed E-state index contributed by atoms with van der Waals surface area (Å²) in [4.78, 5) is 51.0. The molecule has 0 aliphatic carbocycles. The fourth-order valence-electron chi connectivity index (χ4n) is 4.39. The summed E-state index contributed by atoms with van der Waals surface area (Å²) in [5.41, 5.74) is 0.624. The molecule has 5 atom stereocenters. The highest BCUT2D eigenvalue weighted by molar-refractivity contribution is 9.11. The smallest absolute Gasteiger partial charge is 0.303 e. The van der Waals surface area contributed by atoms with Crippen LogP contribution in [0.25, 0.3) is 10.9 Å². The first-order valence-corrected chi connectivity index (χ1v) is 15.4. The summed E-state index contributed by atoms with van der Waals surface area (Å²) in [5, 5.41) is 9.28. The van der Waals surface area contributed by atoms with E-state index in [0.29, 0.717) is 38.8 Å². The minimum absolute atomic E-state index is 0.0633. The molecule has 2 aromatic rings. The number of rotatable bonds is 16. The lowest BCUT2D eigenvalue weighted by molar-refractivity contribution is -0.288. The molecule has 1 aromatic carbocycles. The van der Waals surface area contributed by atoms with Crippen LogP contribution in [-0.2, 0) is 52.3 Å². The van der Waals surface area contributed by atoms with Crippen LogP contribution in [0, 0.1) is 0 Å². The fraction of sp³-hybridized carbons (Fsp3) is 0.571. The maximum Gasteiger partial charge on any atom is 0.303 e. The molecule has 45 heavy (non-hydrogen) atoms. The van der Waals surface area contributed by atoms with Crippen molar-refractivity contribution in [2.24, 2.45) is 0 Å². The van der Waals surface area contributed by atoms with E-state index in [-0.39, 0.29) is 32.2 Å². The Bertz CT molecular complexity index is 1330. The number of aromatic nitrogens is 1. The van der Waals surface area contributed by atoms with Crippen molar-refractivity contribution in [3.8, 4) is 11.5 Å². The number of hydrogen-bond donors (Lipinski definition) is 2. The molecule has 17 heteroatoms. The van der Waals surface area contributed by atoms with Gasteiger partial charge in [0.1, 0.15) is 30.8 Å². The highest BCUT2D eigenvalue weighted by Gasteiger charge is 2.53. The number of esters is 4. The Morgan fingerprint density at radius 1 is 0.844 bits per heavy atom. The number of carbonyl (C=O) groups excluding carboxylic acids is 4. The third-order valence-electron chi connectivity index (χ3n) is 6.05. The molecule has 1 aliphatic heterocycles. The van der Waals surface area contributed by atoms with Crippen molar-refractivity contribution in [2.45, 2.75) is 58.4 Å². The molecule has 1 saturated heterocycles. The zero-order valence-corrected chi connectivity index (χ0v) is 28.2. The summed E-state index contributed by atoms with van der Waals surface area (Å²) in [7, 11) is 0. The van der Waals surface area contributed by atoms with Gasteiger partial charge in [0, 0.05) is 33.9 Å². The first-order valence-electron chi connectivity index (χ1n) is 13.8. The Hall–Kier alpha value is -2.96. The number of aliphatic hydroxyl groups is 1. The molecule has 3 rings (SSSR count). The van der Waals surface area contributed by atoms with E-state index in [1.165, 1.54) is 13.1 Å². The monoisotopic (exact) mass is 767 g/mol. The van der Waals surface area contributed by atoms with Gasteiger partial charge in [0.05, 0.1) is 52.9 Å². The van der Waals surface area contributed by atoms with Gasteiger partial charge in [-0.2, -0.15) is 0 Å². The Morgan fingerprint density at radius 3 is 2.07 bits per heavy atom. The van der Waals surface area contributed by atoms with Crippen LogP contribution < -0.4 is 9.47 Å². The summed E-state index contributed by atoms with van der Waals surface area (Å²) in [5.74, 6) is -2.22. The Labute approximate surface area is 275 Å². The number of nitrogens with one attached hydrogen (secondary N) is 1. The van der Waals surface area contributed by atoms with E-state index >= 15 is 0 Å². The number of fused-ring (bicyclic) bond motifs is 1. The van der Waals surface area contributed by atoms with Gasteiger partial charge >= 0.3 is 23.9 Å². The van der Waals surface area contributed by atoms with Crippen LogP contribution in [0.1, 0.15) is 27.7 Å². The first kappa shape index (κ1) is 36.5. The van der Waals surface area contributed by atoms with Gasteiger partial charge in [-0.3, -0.25) is 19.2 Å². The second kappa shape index (κ2) is 17.7. The highest BCUT2D eigenvalue weighted by Crippen LogP contribution is 2.44. The van der Waals surface area contributed by atoms with Crippen molar-refractivity contribution < 1.29 is 66.9 Å². The van der Waals surface area contributed by atoms with Crippen LogP contribution in [0.15, 0.2) is 21.2 Å². The molecule has 0 amide bonds. The fourth-order valence-corrected chi connectivity index (χ4v) is 5.94. The van der Waals surface area contributed by atoms with Crippen molar-refractivity contribution in [1.82, 2.24) is 4.98 Å². The molecule has 0 saturated carbocycles. The molecule has 250 valence electrons. The van der Waals surface area contributed by atoms with E-state index in [1.807, 2.05) is 0 Å². The maximum atomic E-state index is 12.2. The lowest BCUT2D eigenvalue weighted by Gasteiger charge is -2.43. The number of benzene rings is 1. The molecule has 0 radical (unpaired) electrons. The molecule has 1 fully saturated rings. The van der Waals surface area contributed by atoms with Crippen LogP contribution in [0.3, 0.4) is 0 Å². The highest BCUT2D eigenvalue weighted by atomic mass is 79.9. The van der Waals surface area contributed by atoms with Crippen LogP contribution in [-0.4, -0.2) is 111 Å². The number of H-pyrrole nitrogens is 1. The Balaban J connectivity index is 1.91. The second-order valence-corrected chi connectivity index (χ2v) is 11.2. The maximum absolute atomic E-state index is 12.2. The Morgan fingerprint density at radius 2 is 1.44 bits per heavy atom. The number of aliphatic hydroxyl groups excluding tert-OH is 1. The molecule has 2 heterocycles. The van der Waals surface area contributed by atoms with Crippen LogP contribution in [0.4, 0.5) is 0 Å². The lowest BCUT2D eigenvalue weighted by Crippen LogP contribution is -2.63. The number of halogens is 2. The molecular formula is C28H35Br2NO14. The molecule has 1 aliphatic rings. The molecule has 0 unspecified atom stereocenters. The van der Waals surface area contributed by atoms with E-state index < -0.39 is 61.2 Å². The van der Waals surface area contributed by atoms with E-state index in [0.717, 1.165) is 20.8 Å². The van der Waals surface area contributed by atoms with Crippen molar-refractivity contribution in [3.05, 3.63) is 21.2 Å². The normalized spacial score (nSPS) is 21.2. The van der Waals surface area contributed by atoms with Gasteiger partial charge in [-0.15, -0.1) is 0 Å². The summed E-state index contributed by atoms with van der Waals surface area (Å²) in [6.07, 6.45) is -5.16. The number of hydrogen-bond acceptors (Lipinski definition) is 14. The minimum atomic E-state index is -1.43.